The highest BCUT2D eigenvalue weighted by atomic mass is 16.5. The Kier molecular flexibility index (Phi) is 4.93. The molecule has 1 aliphatic heterocycles. The van der Waals surface area contributed by atoms with Crippen LogP contribution in [-0.2, 0) is 4.79 Å². The van der Waals surface area contributed by atoms with Crippen LogP contribution in [0.4, 0.5) is 5.82 Å². The first-order valence-electron chi connectivity index (χ1n) is 8.11. The Bertz CT molecular complexity index is 690. The molecule has 126 valence electrons. The Balaban J connectivity index is 1.68. The summed E-state index contributed by atoms with van der Waals surface area (Å²) in [4.78, 5) is 24.8. The van der Waals surface area contributed by atoms with E-state index in [2.05, 4.69) is 16.0 Å². The largest absolute Gasteiger partial charge is 0.482 e. The minimum atomic E-state index is 0.00423. The summed E-state index contributed by atoms with van der Waals surface area (Å²) in [5.74, 6) is 1.52. The molecule has 3 rings (SSSR count). The summed E-state index contributed by atoms with van der Waals surface area (Å²) >= 11 is 0. The molecule has 0 aliphatic carbocycles. The van der Waals surface area contributed by atoms with Crippen molar-refractivity contribution in [2.24, 2.45) is 0 Å². The lowest BCUT2D eigenvalue weighted by Gasteiger charge is -2.26. The van der Waals surface area contributed by atoms with Crippen LogP contribution in [0.5, 0.6) is 5.75 Å². The summed E-state index contributed by atoms with van der Waals surface area (Å²) in [5, 5.41) is 0. The van der Waals surface area contributed by atoms with Crippen molar-refractivity contribution in [2.45, 2.75) is 18.9 Å². The second-order valence-corrected chi connectivity index (χ2v) is 6.06. The molecule has 6 heteroatoms. The molecule has 24 heavy (non-hydrogen) atoms. The lowest BCUT2D eigenvalue weighted by molar-refractivity contribution is -0.134. The van der Waals surface area contributed by atoms with Gasteiger partial charge in [-0.3, -0.25) is 9.78 Å². The summed E-state index contributed by atoms with van der Waals surface area (Å²) in [5.41, 5.74) is 1.13. The van der Waals surface area contributed by atoms with Gasteiger partial charge in [-0.25, -0.2) is 4.98 Å². The number of hydrogen-bond donors (Lipinski definition) is 0. The van der Waals surface area contributed by atoms with Crippen molar-refractivity contribution in [1.29, 1.82) is 0 Å². The van der Waals surface area contributed by atoms with E-state index < -0.39 is 0 Å². The summed E-state index contributed by atoms with van der Waals surface area (Å²) in [6.45, 7) is 0.799. The van der Waals surface area contributed by atoms with Gasteiger partial charge in [-0.1, -0.05) is 0 Å². The maximum atomic E-state index is 12.6. The molecule has 0 radical (unpaired) electrons. The number of hydrogen-bond acceptors (Lipinski definition) is 5. The first-order chi connectivity index (χ1) is 11.6. The highest BCUT2D eigenvalue weighted by Gasteiger charge is 2.30. The maximum absolute atomic E-state index is 12.6. The predicted molar refractivity (Wildman–Crippen MR) is 92.0 cm³/mol. The van der Waals surface area contributed by atoms with Gasteiger partial charge >= 0.3 is 0 Å². The van der Waals surface area contributed by atoms with Crippen molar-refractivity contribution in [3.63, 3.8) is 0 Å². The van der Waals surface area contributed by atoms with Crippen LogP contribution in [0.1, 0.15) is 24.4 Å². The van der Waals surface area contributed by atoms with Gasteiger partial charge in [0.05, 0.1) is 12.2 Å². The van der Waals surface area contributed by atoms with Crippen LogP contribution in [0, 0.1) is 0 Å². The number of rotatable bonds is 5. The molecule has 1 aliphatic rings. The zero-order valence-electron chi connectivity index (χ0n) is 14.1. The normalized spacial score (nSPS) is 16.9. The van der Waals surface area contributed by atoms with Crippen LogP contribution in [0.25, 0.3) is 0 Å². The van der Waals surface area contributed by atoms with Crippen LogP contribution in [-0.4, -0.2) is 48.0 Å². The fraction of sp³-hybridized carbons (Fsp3) is 0.389. The van der Waals surface area contributed by atoms with Crippen LogP contribution in [0.3, 0.4) is 0 Å². The first kappa shape index (κ1) is 16.2. The van der Waals surface area contributed by atoms with E-state index in [9.17, 15) is 4.79 Å². The molecule has 3 heterocycles. The molecule has 1 saturated heterocycles. The number of ether oxygens (including phenoxy) is 1. The highest BCUT2D eigenvalue weighted by molar-refractivity contribution is 5.78. The average Bonchev–Trinajstić information content (AvgIpc) is 3.10. The van der Waals surface area contributed by atoms with Crippen molar-refractivity contribution >= 4 is 11.7 Å². The van der Waals surface area contributed by atoms with Gasteiger partial charge in [-0.05, 0) is 42.7 Å². The number of likely N-dealkylation sites (tertiary alicyclic amines) is 1. The molecule has 6 nitrogen and oxygen atoms in total. The van der Waals surface area contributed by atoms with Gasteiger partial charge in [0, 0.05) is 33.0 Å². The predicted octanol–water partition coefficient (Wildman–Crippen LogP) is 2.29. The van der Waals surface area contributed by atoms with E-state index in [0.717, 1.165) is 30.8 Å². The van der Waals surface area contributed by atoms with Gasteiger partial charge in [-0.15, -0.1) is 0 Å². The van der Waals surface area contributed by atoms with Crippen LogP contribution in [0.15, 0.2) is 42.9 Å². The van der Waals surface area contributed by atoms with E-state index in [4.69, 9.17) is 4.74 Å². The van der Waals surface area contributed by atoms with Gasteiger partial charge in [0.2, 0.25) is 0 Å². The minimum Gasteiger partial charge on any atom is -0.482 e. The van der Waals surface area contributed by atoms with Gasteiger partial charge in [0.1, 0.15) is 11.6 Å². The van der Waals surface area contributed by atoms with Crippen molar-refractivity contribution in [1.82, 2.24) is 14.9 Å². The Labute approximate surface area is 142 Å². The number of amides is 1. The molecule has 0 unspecified atom stereocenters. The molecule has 0 bridgehead atoms. The molecule has 1 amide bonds. The molecule has 0 spiro atoms. The molecule has 1 atom stereocenters. The molecule has 0 saturated carbocycles. The van der Waals surface area contributed by atoms with E-state index in [1.54, 1.807) is 30.7 Å². The lowest BCUT2D eigenvalue weighted by Crippen LogP contribution is -2.34. The Morgan fingerprint density at radius 3 is 3.00 bits per heavy atom. The van der Waals surface area contributed by atoms with E-state index in [1.165, 1.54) is 0 Å². The smallest absolute Gasteiger partial charge is 0.261 e. The Morgan fingerprint density at radius 2 is 2.25 bits per heavy atom. The Morgan fingerprint density at radius 1 is 1.38 bits per heavy atom. The lowest BCUT2D eigenvalue weighted by atomic mass is 10.1. The molecule has 2 aromatic rings. The number of carbonyl (C=O) groups excluding carboxylic acids is 1. The van der Waals surface area contributed by atoms with E-state index in [0.29, 0.717) is 5.75 Å². The summed E-state index contributed by atoms with van der Waals surface area (Å²) < 4.78 is 5.55. The molecular formula is C18H22N4O2. The van der Waals surface area contributed by atoms with E-state index in [-0.39, 0.29) is 18.6 Å². The van der Waals surface area contributed by atoms with Crippen molar-refractivity contribution in [2.75, 3.05) is 32.1 Å². The highest BCUT2D eigenvalue weighted by Crippen LogP contribution is 2.32. The molecule has 2 aromatic heterocycles. The van der Waals surface area contributed by atoms with Crippen LogP contribution in [0.2, 0.25) is 0 Å². The third-order valence-electron chi connectivity index (χ3n) is 4.18. The van der Waals surface area contributed by atoms with Crippen molar-refractivity contribution in [3.05, 3.63) is 48.4 Å². The van der Waals surface area contributed by atoms with E-state index >= 15 is 0 Å². The number of nitrogens with zero attached hydrogens (tertiary/aromatic N) is 4. The van der Waals surface area contributed by atoms with Gasteiger partial charge < -0.3 is 14.5 Å². The number of anilines is 1. The SMILES string of the molecule is CN(C)c1cc([C@H]2CCCN2C(=O)COc2cccnc2)ccn1. The number of pyridine rings is 2. The first-order valence-corrected chi connectivity index (χ1v) is 8.11. The maximum Gasteiger partial charge on any atom is 0.261 e. The van der Waals surface area contributed by atoms with Crippen LogP contribution >= 0.6 is 0 Å². The second-order valence-electron chi connectivity index (χ2n) is 6.06. The topological polar surface area (TPSA) is 58.6 Å². The molecule has 0 N–H and O–H groups in total. The summed E-state index contributed by atoms with van der Waals surface area (Å²) in [6.07, 6.45) is 7.06. The Hall–Kier alpha value is -2.63. The van der Waals surface area contributed by atoms with E-state index in [1.807, 2.05) is 30.0 Å². The summed E-state index contributed by atoms with van der Waals surface area (Å²) in [7, 11) is 3.93. The van der Waals surface area contributed by atoms with Crippen molar-refractivity contribution < 1.29 is 9.53 Å². The zero-order chi connectivity index (χ0) is 16.9. The molecule has 1 fully saturated rings. The summed E-state index contributed by atoms with van der Waals surface area (Å²) in [6, 6.07) is 7.73. The van der Waals surface area contributed by atoms with Crippen molar-refractivity contribution in [3.8, 4) is 5.75 Å². The quantitative estimate of drug-likeness (QED) is 0.844. The minimum absolute atomic E-state index is 0.00423. The third-order valence-corrected chi connectivity index (χ3v) is 4.18. The molecular weight excluding hydrogens is 304 g/mol. The van der Waals surface area contributed by atoms with Gasteiger partial charge in [0.25, 0.3) is 5.91 Å². The van der Waals surface area contributed by atoms with Gasteiger partial charge in [-0.2, -0.15) is 0 Å². The third kappa shape index (κ3) is 3.64. The standard InChI is InChI=1S/C18H22N4O2/c1-21(2)17-11-14(7-9-20-17)16-6-4-10-22(16)18(23)13-24-15-5-3-8-19-12-15/h3,5,7-9,11-12,16H,4,6,10,13H2,1-2H3/t16-/m1/s1. The number of aromatic nitrogens is 2. The molecule has 0 aromatic carbocycles. The fourth-order valence-electron chi connectivity index (χ4n) is 2.96. The van der Waals surface area contributed by atoms with Gasteiger partial charge in [0.15, 0.2) is 6.61 Å². The average molecular weight is 326 g/mol. The monoisotopic (exact) mass is 326 g/mol. The van der Waals surface area contributed by atoms with Crippen LogP contribution < -0.4 is 9.64 Å². The zero-order valence-corrected chi connectivity index (χ0v) is 14.1. The number of carbonyl (C=O) groups is 1. The fourth-order valence-corrected chi connectivity index (χ4v) is 2.96. The second kappa shape index (κ2) is 7.29.